The molecule has 4 nitrogen and oxygen atoms in total. The van der Waals surface area contributed by atoms with Crippen molar-refractivity contribution in [2.45, 2.75) is 4.90 Å². The molecule has 2 rings (SSSR count). The zero-order valence-electron chi connectivity index (χ0n) is 9.32. The molecule has 1 aromatic carbocycles. The Hall–Kier alpha value is -1.15. The maximum Gasteiger partial charge on any atom is 0.328 e. The van der Waals surface area contributed by atoms with Crippen LogP contribution in [0.4, 0.5) is 5.69 Å². The Morgan fingerprint density at radius 1 is 1.42 bits per heavy atom. The summed E-state index contributed by atoms with van der Waals surface area (Å²) in [6.45, 7) is 0. The van der Waals surface area contributed by atoms with E-state index in [1.165, 1.54) is 38.0 Å². The van der Waals surface area contributed by atoms with Crippen molar-refractivity contribution in [3.05, 3.63) is 45.6 Å². The zero-order valence-corrected chi connectivity index (χ0v) is 12.5. The zero-order chi connectivity index (χ0) is 13.7. The van der Waals surface area contributed by atoms with Crippen LogP contribution in [0, 0.1) is 0 Å². The molecule has 0 saturated carbocycles. The highest BCUT2D eigenvalue weighted by molar-refractivity contribution is 8.02. The summed E-state index contributed by atoms with van der Waals surface area (Å²) in [4.78, 5) is 15.6. The van der Waals surface area contributed by atoms with Gasteiger partial charge in [0.15, 0.2) is 9.82 Å². The average Bonchev–Trinajstić information content (AvgIpc) is 2.77. The minimum Gasteiger partial charge on any atom is -0.478 e. The minimum absolute atomic E-state index is 0.415. The number of carboxylic acids is 1. The van der Waals surface area contributed by atoms with Gasteiger partial charge < -0.3 is 5.11 Å². The Morgan fingerprint density at radius 3 is 2.74 bits per heavy atom. The van der Waals surface area contributed by atoms with E-state index >= 15 is 0 Å². The smallest absolute Gasteiger partial charge is 0.328 e. The van der Waals surface area contributed by atoms with Crippen LogP contribution in [0.2, 0.25) is 5.15 Å². The number of benzene rings is 1. The van der Waals surface area contributed by atoms with Crippen LogP contribution in [-0.2, 0) is 4.79 Å². The molecular formula is C11H7ClN2O2S3. The van der Waals surface area contributed by atoms with Gasteiger partial charge in [0.1, 0.15) is 0 Å². The van der Waals surface area contributed by atoms with Crippen LogP contribution < -0.4 is 4.67 Å². The predicted octanol–water partition coefficient (Wildman–Crippen LogP) is 3.78. The van der Waals surface area contributed by atoms with Crippen molar-refractivity contribution in [1.29, 1.82) is 0 Å². The number of hydrogen-bond donors (Lipinski definition) is 1. The lowest BCUT2D eigenvalue weighted by atomic mass is 10.3. The lowest BCUT2D eigenvalue weighted by Crippen LogP contribution is -1.92. The molecule has 0 aliphatic carbocycles. The van der Waals surface area contributed by atoms with Crippen molar-refractivity contribution < 1.29 is 9.90 Å². The van der Waals surface area contributed by atoms with Gasteiger partial charge in [-0.15, -0.1) is 0 Å². The minimum atomic E-state index is -0.958. The number of aliphatic carboxylic acids is 1. The number of nitrogens with zero attached hydrogens (tertiary/aromatic N) is 2. The SMILES string of the molecule is O=C(O)C=CSc1ccc(/N=c2\ssnc2Cl)cc1. The second kappa shape index (κ2) is 6.85. The van der Waals surface area contributed by atoms with E-state index in [0.29, 0.717) is 9.82 Å². The van der Waals surface area contributed by atoms with Crippen LogP contribution in [0.15, 0.2) is 45.6 Å². The van der Waals surface area contributed by atoms with E-state index in [-0.39, 0.29) is 0 Å². The lowest BCUT2D eigenvalue weighted by molar-refractivity contribution is -0.131. The lowest BCUT2D eigenvalue weighted by Gasteiger charge is -1.96. The summed E-state index contributed by atoms with van der Waals surface area (Å²) in [5.74, 6) is -0.958. The Balaban J connectivity index is 2.11. The summed E-state index contributed by atoms with van der Waals surface area (Å²) >= 11 is 7.20. The van der Waals surface area contributed by atoms with Crippen molar-refractivity contribution >= 4 is 55.9 Å². The molecule has 0 aliphatic heterocycles. The quantitative estimate of drug-likeness (QED) is 0.526. The molecule has 0 radical (unpaired) electrons. The van der Waals surface area contributed by atoms with Crippen molar-refractivity contribution in [2.75, 3.05) is 0 Å². The highest BCUT2D eigenvalue weighted by atomic mass is 35.5. The second-order valence-corrected chi connectivity index (χ2v) is 6.38. The fourth-order valence-corrected chi connectivity index (χ4v) is 3.74. The first-order chi connectivity index (χ1) is 9.15. The van der Waals surface area contributed by atoms with Crippen molar-refractivity contribution in [2.24, 2.45) is 4.99 Å². The average molecular weight is 331 g/mol. The molecule has 0 spiro atoms. The molecule has 0 unspecified atom stereocenters. The van der Waals surface area contributed by atoms with Crippen LogP contribution in [0.25, 0.3) is 0 Å². The Labute approximate surface area is 125 Å². The molecule has 0 amide bonds. The van der Waals surface area contributed by atoms with Gasteiger partial charge in [-0.05, 0) is 40.0 Å². The van der Waals surface area contributed by atoms with E-state index in [2.05, 4.69) is 9.37 Å². The number of hydrogen-bond acceptors (Lipinski definition) is 6. The van der Waals surface area contributed by atoms with E-state index in [0.717, 1.165) is 16.7 Å². The van der Waals surface area contributed by atoms with Crippen LogP contribution >= 0.6 is 44.2 Å². The maximum atomic E-state index is 10.3. The molecule has 19 heavy (non-hydrogen) atoms. The van der Waals surface area contributed by atoms with Gasteiger partial charge in [0.2, 0.25) is 0 Å². The summed E-state index contributed by atoms with van der Waals surface area (Å²) in [6, 6.07) is 7.43. The largest absolute Gasteiger partial charge is 0.478 e. The van der Waals surface area contributed by atoms with Crippen molar-refractivity contribution in [1.82, 2.24) is 4.37 Å². The molecular weight excluding hydrogens is 324 g/mol. The molecule has 0 bridgehead atoms. The first kappa shape index (κ1) is 14.3. The van der Waals surface area contributed by atoms with E-state index in [9.17, 15) is 4.79 Å². The Kier molecular flexibility index (Phi) is 5.15. The van der Waals surface area contributed by atoms with Gasteiger partial charge in [0.25, 0.3) is 0 Å². The second-order valence-electron chi connectivity index (χ2n) is 3.21. The Morgan fingerprint density at radius 2 is 2.16 bits per heavy atom. The number of rotatable bonds is 4. The van der Waals surface area contributed by atoms with E-state index in [1.54, 1.807) is 0 Å². The molecule has 0 atom stereocenters. The third kappa shape index (κ3) is 4.46. The molecule has 98 valence electrons. The summed E-state index contributed by atoms with van der Waals surface area (Å²) in [6.07, 6.45) is 1.10. The molecule has 1 aromatic heterocycles. The number of aromatic nitrogens is 1. The summed E-state index contributed by atoms with van der Waals surface area (Å²) < 4.78 is 4.64. The van der Waals surface area contributed by atoms with Gasteiger partial charge in [-0.1, -0.05) is 23.4 Å². The molecule has 2 aromatic rings. The number of halogens is 1. The number of carboxylic acid groups (broad SMARTS) is 1. The van der Waals surface area contributed by atoms with Crippen molar-refractivity contribution in [3.63, 3.8) is 0 Å². The number of thioether (sulfide) groups is 1. The summed E-state index contributed by atoms with van der Waals surface area (Å²) in [5.41, 5.74) is 0.782. The first-order valence-electron chi connectivity index (χ1n) is 4.97. The maximum absolute atomic E-state index is 10.3. The predicted molar refractivity (Wildman–Crippen MR) is 79.3 cm³/mol. The van der Waals surface area contributed by atoms with Crippen LogP contribution in [0.1, 0.15) is 0 Å². The monoisotopic (exact) mass is 330 g/mol. The molecule has 0 saturated heterocycles. The highest BCUT2D eigenvalue weighted by Crippen LogP contribution is 2.22. The van der Waals surface area contributed by atoms with Crippen LogP contribution in [-0.4, -0.2) is 15.4 Å². The van der Waals surface area contributed by atoms with E-state index in [1.807, 2.05) is 24.3 Å². The molecule has 0 fully saturated rings. The van der Waals surface area contributed by atoms with Gasteiger partial charge in [-0.2, -0.15) is 4.37 Å². The fourth-order valence-electron chi connectivity index (χ4n) is 1.11. The van der Waals surface area contributed by atoms with Gasteiger partial charge >= 0.3 is 5.97 Å². The van der Waals surface area contributed by atoms with E-state index < -0.39 is 5.97 Å². The van der Waals surface area contributed by atoms with E-state index in [4.69, 9.17) is 16.7 Å². The normalized spacial score (nSPS) is 12.2. The fraction of sp³-hybridized carbons (Fsp3) is 0. The molecule has 1 heterocycles. The topological polar surface area (TPSA) is 62.5 Å². The van der Waals surface area contributed by atoms with Gasteiger partial charge in [0, 0.05) is 21.5 Å². The first-order valence-corrected chi connectivity index (χ1v) is 8.34. The summed E-state index contributed by atoms with van der Waals surface area (Å²) in [7, 11) is 2.72. The van der Waals surface area contributed by atoms with Gasteiger partial charge in [-0.25, -0.2) is 9.79 Å². The van der Waals surface area contributed by atoms with Crippen molar-refractivity contribution in [3.8, 4) is 0 Å². The molecule has 8 heteroatoms. The van der Waals surface area contributed by atoms with Gasteiger partial charge in [-0.3, -0.25) is 0 Å². The van der Waals surface area contributed by atoms with Crippen LogP contribution in [0.3, 0.4) is 0 Å². The highest BCUT2D eigenvalue weighted by Gasteiger charge is 1.98. The van der Waals surface area contributed by atoms with Gasteiger partial charge in [0.05, 0.1) is 5.69 Å². The third-order valence-electron chi connectivity index (χ3n) is 1.89. The molecule has 0 aliphatic rings. The molecule has 1 N–H and O–H groups in total. The Bertz CT molecular complexity index is 661. The van der Waals surface area contributed by atoms with Crippen LogP contribution in [0.5, 0.6) is 0 Å². The summed E-state index contributed by atoms with van der Waals surface area (Å²) in [5, 5.41) is 10.4. The third-order valence-corrected chi connectivity index (χ3v) is 4.88. The number of carbonyl (C=O) groups is 1. The standard InChI is InChI=1S/C11H7ClN2O2S3/c12-10-11(18-19-14-10)13-7-1-3-8(4-2-7)17-6-5-9(15)16/h1-6H,(H,15,16)/b6-5?,13-11-.